The van der Waals surface area contributed by atoms with Gasteiger partial charge in [0.05, 0.1) is 5.71 Å². The summed E-state index contributed by atoms with van der Waals surface area (Å²) < 4.78 is 0. The minimum absolute atomic E-state index is 0.448. The van der Waals surface area contributed by atoms with Crippen molar-refractivity contribution < 1.29 is 5.21 Å². The molecule has 0 aromatic heterocycles. The molecule has 0 amide bonds. The van der Waals surface area contributed by atoms with Gasteiger partial charge in [0.15, 0.2) is 0 Å². The molecule has 3 fully saturated rings. The lowest BCUT2D eigenvalue weighted by Crippen LogP contribution is -2.47. The average molecular weight is 311 g/mol. The van der Waals surface area contributed by atoms with Crippen LogP contribution < -0.4 is 0 Å². The Morgan fingerprint density at radius 3 is 2.83 bits per heavy atom. The van der Waals surface area contributed by atoms with E-state index in [0.29, 0.717) is 11.3 Å². The van der Waals surface area contributed by atoms with Gasteiger partial charge in [0.1, 0.15) is 0 Å². The number of nitrogens with zero attached hydrogens (tertiary/aromatic N) is 1. The molecule has 0 heterocycles. The smallest absolute Gasteiger partial charge is 0.0795 e. The third-order valence-electron chi connectivity index (χ3n) is 8.02. The van der Waals surface area contributed by atoms with Crippen molar-refractivity contribution in [3.05, 3.63) is 11.6 Å². The molecule has 0 unspecified atom stereocenters. The maximum Gasteiger partial charge on any atom is 0.0795 e. The van der Waals surface area contributed by atoms with Crippen LogP contribution in [0.15, 0.2) is 16.8 Å². The second-order valence-electron chi connectivity index (χ2n) is 8.35. The van der Waals surface area contributed by atoms with Crippen molar-refractivity contribution in [2.45, 2.75) is 64.7 Å². The molecule has 0 saturated heterocycles. The monoisotopic (exact) mass is 311 g/mol. The molecule has 4 aliphatic rings. The molecule has 1 N–H and O–H groups in total. The molecule has 3 saturated carbocycles. The molecule has 0 aliphatic heterocycles. The standard InChI is InChI=1S/C21H29NO/c1-3-15-6-10-20-19-8-5-14-13-16(22-23)7-9-17(14)18(19)11-12-21(15,20)4-2/h1,13,15,17-20,23H,4-12H2,2H3/b22-16-/t15-,17+,18-,19-,20+,21-/m1/s1. The van der Waals surface area contributed by atoms with Gasteiger partial charge in [-0.2, -0.15) is 0 Å². The highest BCUT2D eigenvalue weighted by atomic mass is 16.4. The molecular formula is C21H29NO. The van der Waals surface area contributed by atoms with Crippen LogP contribution in [0.1, 0.15) is 64.7 Å². The van der Waals surface area contributed by atoms with Gasteiger partial charge in [0.2, 0.25) is 0 Å². The third-order valence-corrected chi connectivity index (χ3v) is 8.02. The number of terminal acetylenes is 1. The summed E-state index contributed by atoms with van der Waals surface area (Å²) >= 11 is 0. The predicted molar refractivity (Wildman–Crippen MR) is 93.2 cm³/mol. The predicted octanol–water partition coefficient (Wildman–Crippen LogP) is 5.03. The molecule has 2 heteroatoms. The minimum atomic E-state index is 0.448. The fourth-order valence-electron chi connectivity index (χ4n) is 7.02. The summed E-state index contributed by atoms with van der Waals surface area (Å²) in [6, 6.07) is 0. The van der Waals surface area contributed by atoms with Crippen molar-refractivity contribution in [3.8, 4) is 12.3 Å². The lowest BCUT2D eigenvalue weighted by molar-refractivity contribution is -0.0244. The van der Waals surface area contributed by atoms with E-state index in [1.807, 2.05) is 0 Å². The van der Waals surface area contributed by atoms with E-state index in [1.54, 1.807) is 5.57 Å². The van der Waals surface area contributed by atoms with E-state index in [-0.39, 0.29) is 0 Å². The van der Waals surface area contributed by atoms with Gasteiger partial charge >= 0.3 is 0 Å². The Kier molecular flexibility index (Phi) is 3.79. The van der Waals surface area contributed by atoms with Crippen molar-refractivity contribution in [1.82, 2.24) is 0 Å². The van der Waals surface area contributed by atoms with Gasteiger partial charge in [-0.15, -0.1) is 12.3 Å². The molecule has 4 aliphatic carbocycles. The van der Waals surface area contributed by atoms with Crippen LogP contribution in [0, 0.1) is 47.3 Å². The van der Waals surface area contributed by atoms with E-state index in [1.165, 1.54) is 51.4 Å². The fraction of sp³-hybridized carbons (Fsp3) is 0.762. The summed E-state index contributed by atoms with van der Waals surface area (Å²) in [5.74, 6) is 7.04. The van der Waals surface area contributed by atoms with Crippen LogP contribution in [0.2, 0.25) is 0 Å². The van der Waals surface area contributed by atoms with E-state index in [2.05, 4.69) is 24.1 Å². The molecule has 4 rings (SSSR count). The summed E-state index contributed by atoms with van der Waals surface area (Å²) in [5, 5.41) is 12.5. The highest BCUT2D eigenvalue weighted by molar-refractivity contribution is 5.96. The topological polar surface area (TPSA) is 32.6 Å². The quantitative estimate of drug-likeness (QED) is 0.411. The number of allylic oxidation sites excluding steroid dienone is 2. The largest absolute Gasteiger partial charge is 0.411 e. The zero-order valence-corrected chi connectivity index (χ0v) is 14.3. The summed E-state index contributed by atoms with van der Waals surface area (Å²) in [7, 11) is 0. The Balaban J connectivity index is 1.63. The lowest BCUT2D eigenvalue weighted by Gasteiger charge is -2.54. The molecule has 23 heavy (non-hydrogen) atoms. The van der Waals surface area contributed by atoms with Crippen molar-refractivity contribution in [1.29, 1.82) is 0 Å². The number of hydrogen-bond donors (Lipinski definition) is 1. The normalized spacial score (nSPS) is 47.2. The van der Waals surface area contributed by atoms with Crippen LogP contribution in [-0.4, -0.2) is 10.9 Å². The second kappa shape index (κ2) is 5.69. The Hall–Kier alpha value is -1.23. The zero-order valence-electron chi connectivity index (χ0n) is 14.3. The third kappa shape index (κ3) is 2.12. The van der Waals surface area contributed by atoms with Crippen molar-refractivity contribution in [3.63, 3.8) is 0 Å². The van der Waals surface area contributed by atoms with Crippen LogP contribution in [-0.2, 0) is 0 Å². The molecule has 0 aromatic carbocycles. The SMILES string of the molecule is C#C[C@@H]1CC[C@H]2[C@@H]3CCC4=C/C(=N\O)CC[C@@H]4[C@H]3CC[C@]12CC. The molecular weight excluding hydrogens is 282 g/mol. The molecule has 0 bridgehead atoms. The van der Waals surface area contributed by atoms with Gasteiger partial charge in [-0.05, 0) is 93.0 Å². The van der Waals surface area contributed by atoms with Crippen molar-refractivity contribution in [2.75, 3.05) is 0 Å². The molecule has 124 valence electrons. The second-order valence-corrected chi connectivity index (χ2v) is 8.35. The van der Waals surface area contributed by atoms with Crippen LogP contribution in [0.4, 0.5) is 0 Å². The summed E-state index contributed by atoms with van der Waals surface area (Å²) in [4.78, 5) is 0. The molecule has 0 radical (unpaired) electrons. The fourth-order valence-corrected chi connectivity index (χ4v) is 7.02. The Morgan fingerprint density at radius 2 is 2.09 bits per heavy atom. The maximum absolute atomic E-state index is 9.08. The van der Waals surface area contributed by atoms with Crippen molar-refractivity contribution >= 4 is 5.71 Å². The van der Waals surface area contributed by atoms with E-state index in [4.69, 9.17) is 11.6 Å². The van der Waals surface area contributed by atoms with Gasteiger partial charge in [-0.3, -0.25) is 0 Å². The Bertz CT molecular complexity index is 583. The van der Waals surface area contributed by atoms with Gasteiger partial charge in [0.25, 0.3) is 0 Å². The first-order valence-corrected chi connectivity index (χ1v) is 9.61. The first-order valence-electron chi connectivity index (χ1n) is 9.61. The summed E-state index contributed by atoms with van der Waals surface area (Å²) in [6.45, 7) is 2.38. The number of fused-ring (bicyclic) bond motifs is 5. The Morgan fingerprint density at radius 1 is 1.22 bits per heavy atom. The van der Waals surface area contributed by atoms with Gasteiger partial charge < -0.3 is 5.21 Å². The van der Waals surface area contributed by atoms with Crippen LogP contribution in [0.3, 0.4) is 0 Å². The summed E-state index contributed by atoms with van der Waals surface area (Å²) in [5.41, 5.74) is 2.91. The first-order chi connectivity index (χ1) is 11.2. The van der Waals surface area contributed by atoms with Crippen molar-refractivity contribution in [2.24, 2.45) is 40.2 Å². The van der Waals surface area contributed by atoms with Gasteiger partial charge in [-0.1, -0.05) is 17.7 Å². The van der Waals surface area contributed by atoms with Gasteiger partial charge in [0, 0.05) is 5.92 Å². The maximum atomic E-state index is 9.08. The highest BCUT2D eigenvalue weighted by Gasteiger charge is 2.57. The highest BCUT2D eigenvalue weighted by Crippen LogP contribution is 2.64. The molecule has 2 nitrogen and oxygen atoms in total. The minimum Gasteiger partial charge on any atom is -0.411 e. The Labute approximate surface area is 140 Å². The first kappa shape index (κ1) is 15.3. The lowest BCUT2D eigenvalue weighted by atomic mass is 9.50. The van der Waals surface area contributed by atoms with E-state index < -0.39 is 0 Å². The van der Waals surface area contributed by atoms with Crippen LogP contribution in [0.25, 0.3) is 0 Å². The zero-order chi connectivity index (χ0) is 16.0. The average Bonchev–Trinajstić information content (AvgIpc) is 2.99. The molecule has 0 aromatic rings. The van der Waals surface area contributed by atoms with E-state index >= 15 is 0 Å². The van der Waals surface area contributed by atoms with Gasteiger partial charge in [-0.25, -0.2) is 0 Å². The van der Waals surface area contributed by atoms with Crippen LogP contribution >= 0.6 is 0 Å². The van der Waals surface area contributed by atoms with E-state index in [9.17, 15) is 0 Å². The number of oxime groups is 1. The number of hydrogen-bond acceptors (Lipinski definition) is 2. The van der Waals surface area contributed by atoms with Crippen LogP contribution in [0.5, 0.6) is 0 Å². The van der Waals surface area contributed by atoms with E-state index in [0.717, 1.165) is 35.8 Å². The molecule has 0 spiro atoms. The molecule has 6 atom stereocenters. The summed E-state index contributed by atoms with van der Waals surface area (Å²) in [6.07, 6.45) is 19.4. The number of rotatable bonds is 1.